The first-order valence-electron chi connectivity index (χ1n) is 12.2. The molecule has 0 spiro atoms. The molecule has 4 rings (SSSR count). The summed E-state index contributed by atoms with van der Waals surface area (Å²) < 4.78 is 11.1. The third-order valence-electron chi connectivity index (χ3n) is 5.90. The number of carbonyl (C=O) groups is 2. The van der Waals surface area contributed by atoms with Gasteiger partial charge in [-0.25, -0.2) is 9.79 Å². The first-order valence-corrected chi connectivity index (χ1v) is 13.8. The van der Waals surface area contributed by atoms with Gasteiger partial charge in [-0.3, -0.25) is 9.69 Å². The number of halogens is 1. The van der Waals surface area contributed by atoms with E-state index in [1.807, 2.05) is 37.3 Å². The highest BCUT2D eigenvalue weighted by Gasteiger charge is 2.32. The van der Waals surface area contributed by atoms with Crippen LogP contribution in [0.1, 0.15) is 38.7 Å². The normalized spacial score (nSPS) is 18.2. The fraction of sp³-hybridized carbons (Fsp3) is 0.370. The van der Waals surface area contributed by atoms with Gasteiger partial charge in [0.05, 0.1) is 21.7 Å². The van der Waals surface area contributed by atoms with Crippen LogP contribution in [-0.4, -0.2) is 54.8 Å². The minimum absolute atomic E-state index is 0.0649. The van der Waals surface area contributed by atoms with Crippen LogP contribution < -0.4 is 9.64 Å². The van der Waals surface area contributed by atoms with Gasteiger partial charge in [0.1, 0.15) is 5.75 Å². The average Bonchev–Trinajstić information content (AvgIpc) is 3.18. The van der Waals surface area contributed by atoms with Crippen molar-refractivity contribution in [3.63, 3.8) is 0 Å². The van der Waals surface area contributed by atoms with Crippen molar-refractivity contribution >= 4 is 62.2 Å². The molecular weight excluding hydrogens is 542 g/mol. The molecule has 36 heavy (non-hydrogen) atoms. The number of aliphatic imine (C=N–C) groups is 1. The largest absolute Gasteiger partial charge is 0.481 e. The first-order chi connectivity index (χ1) is 17.5. The maximum Gasteiger partial charge on any atom is 0.344 e. The van der Waals surface area contributed by atoms with Gasteiger partial charge in [-0.15, -0.1) is 0 Å². The van der Waals surface area contributed by atoms with Gasteiger partial charge in [0.15, 0.2) is 11.8 Å². The Hall–Kier alpha value is -2.78. The smallest absolute Gasteiger partial charge is 0.344 e. The van der Waals surface area contributed by atoms with Crippen LogP contribution in [0.4, 0.5) is 11.4 Å². The number of carbonyl (C=O) groups excluding carboxylic acids is 2. The molecule has 2 heterocycles. The second-order valence-electron chi connectivity index (χ2n) is 8.40. The van der Waals surface area contributed by atoms with Crippen molar-refractivity contribution in [2.24, 2.45) is 4.99 Å². The first kappa shape index (κ1) is 26.3. The molecule has 0 aromatic heterocycles. The highest BCUT2D eigenvalue weighted by atomic mass is 79.9. The average molecular weight is 573 g/mol. The number of hydrogen-bond acceptors (Lipinski definition) is 7. The number of likely N-dealkylation sites (N-methyl/N-ethyl adjacent to an activating group) is 1. The zero-order chi connectivity index (χ0) is 25.5. The molecule has 2 aromatic rings. The van der Waals surface area contributed by atoms with E-state index in [-0.39, 0.29) is 12.5 Å². The predicted octanol–water partition coefficient (Wildman–Crippen LogP) is 6.01. The molecule has 9 heteroatoms. The zero-order valence-corrected chi connectivity index (χ0v) is 22.9. The monoisotopic (exact) mass is 571 g/mol. The molecule has 7 nitrogen and oxygen atoms in total. The molecule has 2 aliphatic heterocycles. The topological polar surface area (TPSA) is 71.4 Å². The minimum Gasteiger partial charge on any atom is -0.481 e. The molecule has 0 bridgehead atoms. The highest BCUT2D eigenvalue weighted by Crippen LogP contribution is 2.35. The van der Waals surface area contributed by atoms with Gasteiger partial charge in [-0.05, 0) is 109 Å². The second-order valence-corrected chi connectivity index (χ2v) is 10.3. The van der Waals surface area contributed by atoms with E-state index in [0.29, 0.717) is 33.4 Å². The van der Waals surface area contributed by atoms with Crippen molar-refractivity contribution in [2.45, 2.75) is 33.1 Å². The van der Waals surface area contributed by atoms with Gasteiger partial charge in [0, 0.05) is 25.3 Å². The van der Waals surface area contributed by atoms with Gasteiger partial charge >= 0.3 is 5.97 Å². The second kappa shape index (κ2) is 12.5. The molecule has 0 radical (unpaired) electrons. The molecule has 0 atom stereocenters. The van der Waals surface area contributed by atoms with E-state index in [9.17, 15) is 9.59 Å². The van der Waals surface area contributed by atoms with E-state index in [0.717, 1.165) is 24.3 Å². The van der Waals surface area contributed by atoms with Crippen molar-refractivity contribution in [3.8, 4) is 5.75 Å². The van der Waals surface area contributed by atoms with E-state index < -0.39 is 5.97 Å². The number of hydrogen-bond donors (Lipinski definition) is 0. The van der Waals surface area contributed by atoms with Gasteiger partial charge in [-0.1, -0.05) is 6.07 Å². The van der Waals surface area contributed by atoms with E-state index in [4.69, 9.17) is 14.5 Å². The van der Waals surface area contributed by atoms with Crippen LogP contribution in [0.3, 0.4) is 0 Å². The predicted molar refractivity (Wildman–Crippen MR) is 149 cm³/mol. The summed E-state index contributed by atoms with van der Waals surface area (Å²) in [7, 11) is 0. The summed E-state index contributed by atoms with van der Waals surface area (Å²) in [6, 6.07) is 13.7. The van der Waals surface area contributed by atoms with E-state index in [1.54, 1.807) is 17.9 Å². The summed E-state index contributed by atoms with van der Waals surface area (Å²) in [6.07, 6.45) is 5.63. The Labute approximate surface area is 224 Å². The Morgan fingerprint density at radius 3 is 2.53 bits per heavy atom. The molecule has 2 aromatic carbocycles. The number of ether oxygens (including phenoxy) is 2. The quantitative estimate of drug-likeness (QED) is 0.285. The standard InChI is InChI=1S/C27H30BrN3O4S/c1-3-31-26(33)24(17-19-8-13-23(22(28)16-19)35-18-25(32)34-4-2)36-27(31)29-20-9-11-21(12-10-20)30-14-6-5-7-15-30/h8-13,16-17H,3-7,14-15,18H2,1-2H3/b24-17-,29-27?. The number of amides is 1. The Morgan fingerprint density at radius 2 is 1.86 bits per heavy atom. The van der Waals surface area contributed by atoms with Crippen LogP contribution in [0.5, 0.6) is 5.75 Å². The summed E-state index contributed by atoms with van der Waals surface area (Å²) in [5.74, 6) is 0.0437. The van der Waals surface area contributed by atoms with Crippen LogP contribution in [0.25, 0.3) is 6.08 Å². The third kappa shape index (κ3) is 6.50. The van der Waals surface area contributed by atoms with Crippen molar-refractivity contribution < 1.29 is 19.1 Å². The van der Waals surface area contributed by atoms with Crippen LogP contribution in [0.2, 0.25) is 0 Å². The van der Waals surface area contributed by atoms with Gasteiger partial charge < -0.3 is 14.4 Å². The lowest BCUT2D eigenvalue weighted by Gasteiger charge is -2.28. The number of thioether (sulfide) groups is 1. The SMILES string of the molecule is CCOC(=O)COc1ccc(/C=C2\SC(=Nc3ccc(N4CCCCC4)cc3)N(CC)C2=O)cc1Br. The van der Waals surface area contributed by atoms with Crippen LogP contribution in [0, 0.1) is 0 Å². The number of benzene rings is 2. The Kier molecular flexibility index (Phi) is 9.09. The van der Waals surface area contributed by atoms with Crippen LogP contribution >= 0.6 is 27.7 Å². The number of nitrogens with zero attached hydrogens (tertiary/aromatic N) is 3. The minimum atomic E-state index is -0.420. The number of amidine groups is 1. The molecule has 2 fully saturated rings. The highest BCUT2D eigenvalue weighted by molar-refractivity contribution is 9.10. The summed E-state index contributed by atoms with van der Waals surface area (Å²) in [4.78, 5) is 34.1. The third-order valence-corrected chi connectivity index (χ3v) is 7.53. The number of esters is 1. The molecule has 0 unspecified atom stereocenters. The fourth-order valence-electron chi connectivity index (χ4n) is 4.09. The molecule has 0 N–H and O–H groups in total. The Bertz CT molecular complexity index is 1160. The summed E-state index contributed by atoms with van der Waals surface area (Å²) in [5, 5.41) is 0.674. The lowest BCUT2D eigenvalue weighted by molar-refractivity contribution is -0.145. The van der Waals surface area contributed by atoms with E-state index in [1.165, 1.54) is 36.7 Å². The van der Waals surface area contributed by atoms with Crippen LogP contribution in [-0.2, 0) is 14.3 Å². The van der Waals surface area contributed by atoms with Crippen molar-refractivity contribution in [1.82, 2.24) is 4.90 Å². The van der Waals surface area contributed by atoms with Crippen molar-refractivity contribution in [3.05, 3.63) is 57.4 Å². The molecule has 190 valence electrons. The number of anilines is 1. The van der Waals surface area contributed by atoms with Crippen molar-refractivity contribution in [2.75, 3.05) is 37.7 Å². The van der Waals surface area contributed by atoms with Gasteiger partial charge in [0.25, 0.3) is 5.91 Å². The zero-order valence-electron chi connectivity index (χ0n) is 20.5. The lowest BCUT2D eigenvalue weighted by Crippen LogP contribution is -2.29. The summed E-state index contributed by atoms with van der Waals surface area (Å²) in [5.41, 5.74) is 2.89. The van der Waals surface area contributed by atoms with E-state index >= 15 is 0 Å². The number of rotatable bonds is 8. The Morgan fingerprint density at radius 1 is 1.11 bits per heavy atom. The van der Waals surface area contributed by atoms with Gasteiger partial charge in [-0.2, -0.15) is 0 Å². The van der Waals surface area contributed by atoms with Crippen molar-refractivity contribution in [1.29, 1.82) is 0 Å². The molecule has 2 aliphatic rings. The maximum atomic E-state index is 13.1. The summed E-state index contributed by atoms with van der Waals surface area (Å²) in [6.45, 7) is 6.59. The molecule has 0 aliphatic carbocycles. The summed E-state index contributed by atoms with van der Waals surface area (Å²) >= 11 is 4.85. The fourth-order valence-corrected chi connectivity index (χ4v) is 5.66. The molecular formula is C27H30BrN3O4S. The van der Waals surface area contributed by atoms with Crippen LogP contribution in [0.15, 0.2) is 56.8 Å². The maximum absolute atomic E-state index is 13.1. The lowest BCUT2D eigenvalue weighted by atomic mass is 10.1. The molecule has 1 amide bonds. The number of piperidine rings is 1. The Balaban J connectivity index is 1.47. The molecule has 2 saturated heterocycles. The van der Waals surface area contributed by atoms with E-state index in [2.05, 4.69) is 33.0 Å². The van der Waals surface area contributed by atoms with Gasteiger partial charge in [0.2, 0.25) is 0 Å². The molecule has 0 saturated carbocycles.